The summed E-state index contributed by atoms with van der Waals surface area (Å²) in [6.45, 7) is 0. The lowest BCUT2D eigenvalue weighted by Crippen LogP contribution is -2.14. The Hall–Kier alpha value is -3.61. The number of nitrogens with zero attached hydrogens (tertiary/aromatic N) is 1. The summed E-state index contributed by atoms with van der Waals surface area (Å²) in [5.41, 5.74) is 1.67. The molecule has 3 rings (SSSR count). The van der Waals surface area contributed by atoms with Crippen LogP contribution in [0.3, 0.4) is 0 Å². The minimum Gasteiger partial charge on any atom is -0.493 e. The van der Waals surface area contributed by atoms with Crippen molar-refractivity contribution >= 4 is 23.1 Å². The van der Waals surface area contributed by atoms with E-state index in [1.54, 1.807) is 62.8 Å². The van der Waals surface area contributed by atoms with E-state index in [4.69, 9.17) is 9.47 Å². The summed E-state index contributed by atoms with van der Waals surface area (Å²) in [6, 6.07) is 15.0. The highest BCUT2D eigenvalue weighted by Crippen LogP contribution is 2.27. The number of benzene rings is 2. The van der Waals surface area contributed by atoms with Crippen molar-refractivity contribution in [2.45, 2.75) is 6.42 Å². The number of pyridine rings is 1. The fourth-order valence-electron chi connectivity index (χ4n) is 2.62. The molecule has 0 radical (unpaired) electrons. The molecule has 0 aliphatic rings. The van der Waals surface area contributed by atoms with Crippen LogP contribution in [0, 0.1) is 5.82 Å². The van der Waals surface area contributed by atoms with E-state index in [2.05, 4.69) is 15.6 Å². The highest BCUT2D eigenvalue weighted by molar-refractivity contribution is 5.92. The Morgan fingerprint density at radius 3 is 2.50 bits per heavy atom. The summed E-state index contributed by atoms with van der Waals surface area (Å²) >= 11 is 0. The first-order valence-corrected chi connectivity index (χ1v) is 8.57. The lowest BCUT2D eigenvalue weighted by molar-refractivity contribution is -0.115. The summed E-state index contributed by atoms with van der Waals surface area (Å²) in [5, 5.41) is 5.68. The zero-order chi connectivity index (χ0) is 19.9. The predicted octanol–water partition coefficient (Wildman–Crippen LogP) is 4.16. The lowest BCUT2D eigenvalue weighted by Gasteiger charge is -2.10. The van der Waals surface area contributed by atoms with Crippen molar-refractivity contribution in [1.29, 1.82) is 0 Å². The number of halogens is 1. The Bertz CT molecular complexity index is 961. The fraction of sp³-hybridized carbons (Fsp3) is 0.143. The number of hydrogen-bond donors (Lipinski definition) is 2. The molecule has 1 amide bonds. The average molecular weight is 381 g/mol. The van der Waals surface area contributed by atoms with Gasteiger partial charge >= 0.3 is 0 Å². The molecule has 0 unspecified atom stereocenters. The summed E-state index contributed by atoms with van der Waals surface area (Å²) in [7, 11) is 3.10. The lowest BCUT2D eigenvalue weighted by atomic mass is 10.1. The van der Waals surface area contributed by atoms with Crippen LogP contribution in [0.4, 0.5) is 21.6 Å². The van der Waals surface area contributed by atoms with Gasteiger partial charge in [-0.2, -0.15) is 0 Å². The number of methoxy groups -OCH3 is 2. The van der Waals surface area contributed by atoms with E-state index in [1.807, 2.05) is 0 Å². The number of rotatable bonds is 7. The number of amides is 1. The van der Waals surface area contributed by atoms with E-state index in [0.29, 0.717) is 28.7 Å². The van der Waals surface area contributed by atoms with Crippen molar-refractivity contribution in [2.75, 3.05) is 24.9 Å². The van der Waals surface area contributed by atoms with Crippen LogP contribution in [-0.2, 0) is 11.2 Å². The zero-order valence-electron chi connectivity index (χ0n) is 15.5. The van der Waals surface area contributed by atoms with Crippen molar-refractivity contribution < 1.29 is 18.7 Å². The first kappa shape index (κ1) is 19.2. The summed E-state index contributed by atoms with van der Waals surface area (Å²) in [6.07, 6.45) is 1.69. The van der Waals surface area contributed by atoms with Crippen LogP contribution in [0.1, 0.15) is 5.56 Å². The topological polar surface area (TPSA) is 72.5 Å². The Morgan fingerprint density at radius 1 is 1.04 bits per heavy atom. The van der Waals surface area contributed by atoms with E-state index in [1.165, 1.54) is 12.3 Å². The molecule has 1 aromatic heterocycles. The Kier molecular flexibility index (Phi) is 6.06. The number of ether oxygens (including phenoxy) is 2. The van der Waals surface area contributed by atoms with E-state index >= 15 is 0 Å². The molecule has 0 bridgehead atoms. The molecule has 6 nitrogen and oxygen atoms in total. The quantitative estimate of drug-likeness (QED) is 0.643. The van der Waals surface area contributed by atoms with Gasteiger partial charge in [0.25, 0.3) is 0 Å². The Morgan fingerprint density at radius 2 is 1.82 bits per heavy atom. The van der Waals surface area contributed by atoms with Crippen molar-refractivity contribution in [3.8, 4) is 11.5 Å². The second-order valence-corrected chi connectivity index (χ2v) is 5.95. The van der Waals surface area contributed by atoms with Gasteiger partial charge in [-0.1, -0.05) is 18.2 Å². The molecule has 0 fully saturated rings. The Labute approximate surface area is 162 Å². The first-order valence-electron chi connectivity index (χ1n) is 8.57. The molecule has 0 aliphatic heterocycles. The van der Waals surface area contributed by atoms with Gasteiger partial charge in [0.15, 0.2) is 11.5 Å². The second kappa shape index (κ2) is 8.85. The SMILES string of the molecule is COc1ccc(CC(=O)Nc2ccc(Nc3ccccc3F)nc2)cc1OC. The standard InChI is InChI=1S/C21H20FN3O3/c1-27-18-9-7-14(11-19(18)28-2)12-21(26)24-15-8-10-20(23-13-15)25-17-6-4-3-5-16(17)22/h3-11,13H,12H2,1-2H3,(H,23,25)(H,24,26). The van der Waals surface area contributed by atoms with Gasteiger partial charge in [0, 0.05) is 0 Å². The smallest absolute Gasteiger partial charge is 0.228 e. The van der Waals surface area contributed by atoms with Crippen LogP contribution >= 0.6 is 0 Å². The van der Waals surface area contributed by atoms with Crippen molar-refractivity contribution in [1.82, 2.24) is 4.98 Å². The molecule has 0 spiro atoms. The van der Waals surface area contributed by atoms with Gasteiger partial charge in [-0.3, -0.25) is 4.79 Å². The van der Waals surface area contributed by atoms with E-state index < -0.39 is 0 Å². The van der Waals surface area contributed by atoms with Crippen LogP contribution in [-0.4, -0.2) is 25.1 Å². The molecule has 2 N–H and O–H groups in total. The van der Waals surface area contributed by atoms with Crippen molar-refractivity contribution in [3.05, 3.63) is 72.2 Å². The van der Waals surface area contributed by atoms with Gasteiger partial charge in [0.1, 0.15) is 11.6 Å². The number of carbonyl (C=O) groups is 1. The average Bonchev–Trinajstić information content (AvgIpc) is 2.71. The van der Waals surface area contributed by atoms with Gasteiger partial charge in [-0.05, 0) is 42.0 Å². The highest BCUT2D eigenvalue weighted by Gasteiger charge is 2.09. The van der Waals surface area contributed by atoms with Crippen molar-refractivity contribution in [2.24, 2.45) is 0 Å². The maximum atomic E-state index is 13.7. The highest BCUT2D eigenvalue weighted by atomic mass is 19.1. The van der Waals surface area contributed by atoms with Crippen LogP contribution in [0.25, 0.3) is 0 Å². The molecule has 0 atom stereocenters. The van der Waals surface area contributed by atoms with Gasteiger partial charge < -0.3 is 20.1 Å². The van der Waals surface area contributed by atoms with Crippen LogP contribution in [0.2, 0.25) is 0 Å². The van der Waals surface area contributed by atoms with Gasteiger partial charge in [-0.25, -0.2) is 9.37 Å². The molecular formula is C21H20FN3O3. The van der Waals surface area contributed by atoms with E-state index in [0.717, 1.165) is 5.56 Å². The fourth-order valence-corrected chi connectivity index (χ4v) is 2.62. The summed E-state index contributed by atoms with van der Waals surface area (Å²) in [4.78, 5) is 16.5. The van der Waals surface area contributed by atoms with Gasteiger partial charge in [0.05, 0.1) is 38.2 Å². The molecule has 1 heterocycles. The molecule has 0 aliphatic carbocycles. The molecule has 2 aromatic carbocycles. The molecular weight excluding hydrogens is 361 g/mol. The third-order valence-electron chi connectivity index (χ3n) is 4.00. The van der Waals surface area contributed by atoms with Crippen molar-refractivity contribution in [3.63, 3.8) is 0 Å². The zero-order valence-corrected chi connectivity index (χ0v) is 15.5. The minimum atomic E-state index is -0.364. The van der Waals surface area contributed by atoms with Crippen LogP contribution in [0.15, 0.2) is 60.8 Å². The second-order valence-electron chi connectivity index (χ2n) is 5.95. The largest absolute Gasteiger partial charge is 0.493 e. The normalized spacial score (nSPS) is 10.2. The number of para-hydroxylation sites is 1. The summed E-state index contributed by atoms with van der Waals surface area (Å²) in [5.74, 6) is 1.09. The Balaban J connectivity index is 1.61. The third kappa shape index (κ3) is 4.76. The number of nitrogens with one attached hydrogen (secondary N) is 2. The number of aromatic nitrogens is 1. The number of carbonyl (C=O) groups excluding carboxylic acids is 1. The van der Waals surface area contributed by atoms with Gasteiger partial charge in [0.2, 0.25) is 5.91 Å². The van der Waals surface area contributed by atoms with Crippen LogP contribution in [0.5, 0.6) is 11.5 Å². The maximum absolute atomic E-state index is 13.7. The maximum Gasteiger partial charge on any atom is 0.228 e. The number of anilines is 3. The molecule has 0 saturated heterocycles. The van der Waals surface area contributed by atoms with Crippen LogP contribution < -0.4 is 20.1 Å². The molecule has 144 valence electrons. The predicted molar refractivity (Wildman–Crippen MR) is 106 cm³/mol. The number of hydrogen-bond acceptors (Lipinski definition) is 5. The minimum absolute atomic E-state index is 0.176. The molecule has 7 heteroatoms. The third-order valence-corrected chi connectivity index (χ3v) is 4.00. The summed E-state index contributed by atoms with van der Waals surface area (Å²) < 4.78 is 24.1. The van der Waals surface area contributed by atoms with E-state index in [-0.39, 0.29) is 18.1 Å². The molecule has 3 aromatic rings. The van der Waals surface area contributed by atoms with E-state index in [9.17, 15) is 9.18 Å². The molecule has 28 heavy (non-hydrogen) atoms. The first-order chi connectivity index (χ1) is 13.6. The monoisotopic (exact) mass is 381 g/mol. The molecule has 0 saturated carbocycles. The van der Waals surface area contributed by atoms with Gasteiger partial charge in [-0.15, -0.1) is 0 Å².